The van der Waals surface area contributed by atoms with Crippen molar-refractivity contribution in [2.24, 2.45) is 5.41 Å². The van der Waals surface area contributed by atoms with E-state index >= 15 is 0 Å². The standard InChI is InChI=1S/C14H21BrN2O/c1-3-14(10-18)6-8-17(9-7-14)13-5-4-12(15)11(2)16-13/h4-5,18H,3,6-10H2,1-2H3. The molecule has 1 aromatic rings. The van der Waals surface area contributed by atoms with Gasteiger partial charge in [0.1, 0.15) is 5.82 Å². The lowest BCUT2D eigenvalue weighted by molar-refractivity contribution is 0.0920. The van der Waals surface area contributed by atoms with Crippen molar-refractivity contribution in [2.45, 2.75) is 33.1 Å². The Morgan fingerprint density at radius 2 is 2.06 bits per heavy atom. The first-order chi connectivity index (χ1) is 8.60. The molecule has 1 N–H and O–H groups in total. The van der Waals surface area contributed by atoms with Crippen LogP contribution in [-0.4, -0.2) is 29.8 Å². The predicted octanol–water partition coefficient (Wildman–Crippen LogP) is 3.14. The van der Waals surface area contributed by atoms with Crippen LogP contribution in [0.1, 0.15) is 31.9 Å². The molecule has 1 aliphatic rings. The van der Waals surface area contributed by atoms with E-state index in [2.05, 4.69) is 44.9 Å². The van der Waals surface area contributed by atoms with Gasteiger partial charge in [-0.1, -0.05) is 6.92 Å². The number of aryl methyl sites for hydroxylation is 1. The number of aliphatic hydroxyl groups excluding tert-OH is 1. The first-order valence-corrected chi connectivity index (χ1v) is 7.38. The summed E-state index contributed by atoms with van der Waals surface area (Å²) in [4.78, 5) is 6.93. The fraction of sp³-hybridized carbons (Fsp3) is 0.643. The maximum Gasteiger partial charge on any atom is 0.128 e. The summed E-state index contributed by atoms with van der Waals surface area (Å²) in [5.74, 6) is 1.05. The zero-order valence-corrected chi connectivity index (χ0v) is 12.7. The molecule has 100 valence electrons. The summed E-state index contributed by atoms with van der Waals surface area (Å²) in [6.07, 6.45) is 3.16. The van der Waals surface area contributed by atoms with E-state index in [1.54, 1.807) is 0 Å². The van der Waals surface area contributed by atoms with Crippen LogP contribution < -0.4 is 4.90 Å². The molecular weight excluding hydrogens is 292 g/mol. The third-order valence-corrected chi connectivity index (χ3v) is 5.08. The van der Waals surface area contributed by atoms with Crippen LogP contribution in [-0.2, 0) is 0 Å². The number of hydrogen-bond donors (Lipinski definition) is 1. The van der Waals surface area contributed by atoms with Gasteiger partial charge in [0.2, 0.25) is 0 Å². The van der Waals surface area contributed by atoms with Gasteiger partial charge in [0, 0.05) is 24.2 Å². The molecule has 1 saturated heterocycles. The Labute approximate surface area is 117 Å². The molecule has 0 unspecified atom stereocenters. The van der Waals surface area contributed by atoms with E-state index in [9.17, 15) is 5.11 Å². The lowest BCUT2D eigenvalue weighted by Gasteiger charge is -2.40. The monoisotopic (exact) mass is 312 g/mol. The van der Waals surface area contributed by atoms with E-state index in [1.165, 1.54) is 0 Å². The van der Waals surface area contributed by atoms with Crippen molar-refractivity contribution in [3.05, 3.63) is 22.3 Å². The fourth-order valence-electron chi connectivity index (χ4n) is 2.54. The van der Waals surface area contributed by atoms with Crippen molar-refractivity contribution in [3.63, 3.8) is 0 Å². The molecule has 0 amide bonds. The van der Waals surface area contributed by atoms with Crippen LogP contribution in [0, 0.1) is 12.3 Å². The highest BCUT2D eigenvalue weighted by Gasteiger charge is 2.32. The molecule has 2 rings (SSSR count). The van der Waals surface area contributed by atoms with Gasteiger partial charge in [-0.05, 0) is 59.7 Å². The summed E-state index contributed by atoms with van der Waals surface area (Å²) in [7, 11) is 0. The Kier molecular flexibility index (Phi) is 4.28. The van der Waals surface area contributed by atoms with Crippen molar-refractivity contribution in [1.29, 1.82) is 0 Å². The van der Waals surface area contributed by atoms with Crippen molar-refractivity contribution in [3.8, 4) is 0 Å². The van der Waals surface area contributed by atoms with Gasteiger partial charge in [0.15, 0.2) is 0 Å². The topological polar surface area (TPSA) is 36.4 Å². The number of nitrogens with zero attached hydrogens (tertiary/aromatic N) is 2. The normalized spacial score (nSPS) is 19.0. The van der Waals surface area contributed by atoms with Crippen LogP contribution in [0.25, 0.3) is 0 Å². The van der Waals surface area contributed by atoms with E-state index in [0.29, 0.717) is 6.61 Å². The number of anilines is 1. The van der Waals surface area contributed by atoms with Gasteiger partial charge in [0.05, 0.1) is 5.69 Å². The van der Waals surface area contributed by atoms with Crippen molar-refractivity contribution >= 4 is 21.7 Å². The van der Waals surface area contributed by atoms with Gasteiger partial charge in [-0.3, -0.25) is 0 Å². The average Bonchev–Trinajstić information content (AvgIpc) is 2.42. The second-order valence-corrected chi connectivity index (χ2v) is 6.09. The molecule has 1 aliphatic heterocycles. The summed E-state index contributed by atoms with van der Waals surface area (Å²) in [5.41, 5.74) is 1.17. The summed E-state index contributed by atoms with van der Waals surface area (Å²) in [5, 5.41) is 9.54. The predicted molar refractivity (Wildman–Crippen MR) is 77.9 cm³/mol. The fourth-order valence-corrected chi connectivity index (χ4v) is 2.76. The number of aromatic nitrogens is 1. The minimum atomic E-state index is 0.140. The van der Waals surface area contributed by atoms with E-state index in [-0.39, 0.29) is 5.41 Å². The quantitative estimate of drug-likeness (QED) is 0.931. The van der Waals surface area contributed by atoms with E-state index in [1.807, 2.05) is 6.92 Å². The van der Waals surface area contributed by atoms with Crippen LogP contribution in [0.2, 0.25) is 0 Å². The van der Waals surface area contributed by atoms with Crippen molar-refractivity contribution in [1.82, 2.24) is 4.98 Å². The average molecular weight is 313 g/mol. The Morgan fingerprint density at radius 3 is 2.56 bits per heavy atom. The molecule has 1 fully saturated rings. The van der Waals surface area contributed by atoms with Gasteiger partial charge in [0.25, 0.3) is 0 Å². The van der Waals surface area contributed by atoms with Gasteiger partial charge >= 0.3 is 0 Å². The first kappa shape index (κ1) is 13.8. The highest BCUT2D eigenvalue weighted by atomic mass is 79.9. The molecule has 1 aromatic heterocycles. The molecule has 18 heavy (non-hydrogen) atoms. The largest absolute Gasteiger partial charge is 0.396 e. The number of hydrogen-bond acceptors (Lipinski definition) is 3. The summed E-state index contributed by atoms with van der Waals surface area (Å²) >= 11 is 3.48. The van der Waals surface area contributed by atoms with Crippen LogP contribution >= 0.6 is 15.9 Å². The molecule has 0 radical (unpaired) electrons. The van der Waals surface area contributed by atoms with Crippen molar-refractivity contribution in [2.75, 3.05) is 24.6 Å². The highest BCUT2D eigenvalue weighted by Crippen LogP contribution is 2.35. The highest BCUT2D eigenvalue weighted by molar-refractivity contribution is 9.10. The van der Waals surface area contributed by atoms with Gasteiger partial charge < -0.3 is 10.0 Å². The molecule has 0 atom stereocenters. The number of piperidine rings is 1. The lowest BCUT2D eigenvalue weighted by Crippen LogP contribution is -2.42. The molecule has 0 aliphatic carbocycles. The number of aliphatic hydroxyl groups is 1. The Balaban J connectivity index is 2.07. The molecule has 0 spiro atoms. The third kappa shape index (κ3) is 2.69. The number of rotatable bonds is 3. The Bertz CT molecular complexity index is 408. The molecule has 0 saturated carbocycles. The Morgan fingerprint density at radius 1 is 1.39 bits per heavy atom. The molecule has 0 bridgehead atoms. The summed E-state index contributed by atoms with van der Waals surface area (Å²) in [6, 6.07) is 4.13. The maximum atomic E-state index is 9.54. The second kappa shape index (κ2) is 5.57. The lowest BCUT2D eigenvalue weighted by atomic mass is 9.77. The molecule has 3 nitrogen and oxygen atoms in total. The summed E-state index contributed by atoms with van der Waals surface area (Å²) < 4.78 is 1.06. The minimum Gasteiger partial charge on any atom is -0.396 e. The van der Waals surface area contributed by atoms with Gasteiger partial charge in [-0.25, -0.2) is 4.98 Å². The van der Waals surface area contributed by atoms with Crippen LogP contribution in [0.5, 0.6) is 0 Å². The Hall–Kier alpha value is -0.610. The smallest absolute Gasteiger partial charge is 0.128 e. The van der Waals surface area contributed by atoms with Gasteiger partial charge in [-0.15, -0.1) is 0 Å². The summed E-state index contributed by atoms with van der Waals surface area (Å²) in [6.45, 7) is 6.48. The van der Waals surface area contributed by atoms with E-state index < -0.39 is 0 Å². The molecule has 2 heterocycles. The maximum absolute atomic E-state index is 9.54. The third-order valence-electron chi connectivity index (χ3n) is 4.24. The molecular formula is C14H21BrN2O. The van der Waals surface area contributed by atoms with Crippen LogP contribution in [0.4, 0.5) is 5.82 Å². The van der Waals surface area contributed by atoms with E-state index in [4.69, 9.17) is 0 Å². The van der Waals surface area contributed by atoms with E-state index in [0.717, 1.165) is 48.3 Å². The zero-order valence-electron chi connectivity index (χ0n) is 11.1. The second-order valence-electron chi connectivity index (χ2n) is 5.24. The molecule has 4 heteroatoms. The first-order valence-electron chi connectivity index (χ1n) is 6.59. The van der Waals surface area contributed by atoms with Crippen LogP contribution in [0.3, 0.4) is 0 Å². The number of pyridine rings is 1. The SMILES string of the molecule is CCC1(CO)CCN(c2ccc(Br)c(C)n2)CC1. The van der Waals surface area contributed by atoms with Gasteiger partial charge in [-0.2, -0.15) is 0 Å². The molecule has 0 aromatic carbocycles. The number of halogens is 1. The zero-order chi connectivity index (χ0) is 13.2. The minimum absolute atomic E-state index is 0.140. The van der Waals surface area contributed by atoms with Crippen LogP contribution in [0.15, 0.2) is 16.6 Å². The van der Waals surface area contributed by atoms with Crippen molar-refractivity contribution < 1.29 is 5.11 Å².